The number of hydrogen-bond acceptors (Lipinski definition) is 8. The number of sulfone groups is 1. The Morgan fingerprint density at radius 1 is 1.18 bits per heavy atom. The molecule has 0 atom stereocenters. The fourth-order valence-electron chi connectivity index (χ4n) is 3.33. The summed E-state index contributed by atoms with van der Waals surface area (Å²) in [7, 11) is -3.36. The first kappa shape index (κ1) is 24.4. The maximum absolute atomic E-state index is 12.7. The number of aromatic nitrogens is 2. The molecule has 1 aromatic carbocycles. The minimum Gasteiger partial charge on any atom is -0.488 e. The SMILES string of the molecule is CC(C)(C)OC(=O)N1CCC(Oc2cc(=O)n(-c3ccc(S(C)(=O)=O)cc3)nc2C=N)CC1. The van der Waals surface area contributed by atoms with Crippen molar-refractivity contribution >= 4 is 22.1 Å². The standard InChI is InChI=1S/C22H28N4O6S/c1-22(2,3)32-21(28)25-11-9-16(10-12-25)31-19-13-20(27)26(24-18(19)14-23)15-5-7-17(8-6-15)33(4,29)30/h5-8,13-14,16,23H,9-12H2,1-4H3. The molecule has 3 rings (SSSR count). The van der Waals surface area contributed by atoms with Crippen LogP contribution in [0.15, 0.2) is 40.0 Å². The molecule has 1 aliphatic heterocycles. The van der Waals surface area contributed by atoms with Crippen LogP contribution in [0.1, 0.15) is 39.3 Å². The van der Waals surface area contributed by atoms with Gasteiger partial charge < -0.3 is 19.8 Å². The highest BCUT2D eigenvalue weighted by molar-refractivity contribution is 7.90. The Bertz CT molecular complexity index is 1190. The minimum absolute atomic E-state index is 0.129. The summed E-state index contributed by atoms with van der Waals surface area (Å²) >= 11 is 0. The number of carbonyl (C=O) groups is 1. The second-order valence-corrected chi connectivity index (χ2v) is 10.9. The van der Waals surface area contributed by atoms with Gasteiger partial charge in [-0.3, -0.25) is 4.79 Å². The van der Waals surface area contributed by atoms with Crippen LogP contribution in [0.5, 0.6) is 5.75 Å². The Kier molecular flexibility index (Phi) is 6.92. The average Bonchev–Trinajstić information content (AvgIpc) is 2.73. The maximum Gasteiger partial charge on any atom is 0.410 e. The summed E-state index contributed by atoms with van der Waals surface area (Å²) in [5, 5.41) is 11.9. The summed E-state index contributed by atoms with van der Waals surface area (Å²) in [4.78, 5) is 26.6. The van der Waals surface area contributed by atoms with Crippen LogP contribution in [0.2, 0.25) is 0 Å². The molecule has 0 spiro atoms. The van der Waals surface area contributed by atoms with Gasteiger partial charge in [-0.1, -0.05) is 0 Å². The Balaban J connectivity index is 1.73. The van der Waals surface area contributed by atoms with Gasteiger partial charge in [0, 0.05) is 44.5 Å². The molecule has 0 unspecified atom stereocenters. The molecule has 0 bridgehead atoms. The van der Waals surface area contributed by atoms with E-state index in [9.17, 15) is 18.0 Å². The van der Waals surface area contributed by atoms with Gasteiger partial charge in [0.1, 0.15) is 17.4 Å². The van der Waals surface area contributed by atoms with E-state index in [1.807, 2.05) is 20.8 Å². The summed E-state index contributed by atoms with van der Waals surface area (Å²) < 4.78 is 35.7. The van der Waals surface area contributed by atoms with Crippen molar-refractivity contribution in [3.05, 3.63) is 46.4 Å². The predicted octanol–water partition coefficient (Wildman–Crippen LogP) is 2.41. The lowest BCUT2D eigenvalue weighted by Crippen LogP contribution is -2.44. The zero-order valence-corrected chi connectivity index (χ0v) is 19.9. The predicted molar refractivity (Wildman–Crippen MR) is 122 cm³/mol. The lowest BCUT2D eigenvalue weighted by atomic mass is 10.1. The molecule has 10 nitrogen and oxygen atoms in total. The highest BCUT2D eigenvalue weighted by atomic mass is 32.2. The van der Waals surface area contributed by atoms with E-state index >= 15 is 0 Å². The summed E-state index contributed by atoms with van der Waals surface area (Å²) in [5.41, 5.74) is -0.512. The van der Waals surface area contributed by atoms with Gasteiger partial charge in [-0.15, -0.1) is 0 Å². The summed E-state index contributed by atoms with van der Waals surface area (Å²) in [5.74, 6) is 0.190. The average molecular weight is 477 g/mol. The monoisotopic (exact) mass is 476 g/mol. The van der Waals surface area contributed by atoms with Crippen molar-refractivity contribution in [1.29, 1.82) is 5.41 Å². The number of nitrogens with zero attached hydrogens (tertiary/aromatic N) is 3. The second kappa shape index (κ2) is 9.34. The van der Waals surface area contributed by atoms with Crippen LogP contribution in [-0.4, -0.2) is 66.5 Å². The smallest absolute Gasteiger partial charge is 0.410 e. The molecule has 2 heterocycles. The van der Waals surface area contributed by atoms with E-state index in [1.54, 1.807) is 4.90 Å². The van der Waals surface area contributed by atoms with Crippen molar-refractivity contribution in [1.82, 2.24) is 14.7 Å². The quantitative estimate of drug-likeness (QED) is 0.656. The van der Waals surface area contributed by atoms with Crippen molar-refractivity contribution in [3.8, 4) is 11.4 Å². The Morgan fingerprint density at radius 2 is 1.79 bits per heavy atom. The van der Waals surface area contributed by atoms with Crippen LogP contribution in [0, 0.1) is 5.41 Å². The number of rotatable bonds is 5. The van der Waals surface area contributed by atoms with E-state index in [0.29, 0.717) is 31.6 Å². The lowest BCUT2D eigenvalue weighted by Gasteiger charge is -2.33. The normalized spacial score (nSPS) is 15.2. The molecule has 178 valence electrons. The topological polar surface area (TPSA) is 132 Å². The number of likely N-dealkylation sites (tertiary alicyclic amines) is 1. The lowest BCUT2D eigenvalue weighted by molar-refractivity contribution is 0.0126. The summed E-state index contributed by atoms with van der Waals surface area (Å²) in [6, 6.07) is 7.01. The van der Waals surface area contributed by atoms with Crippen LogP contribution in [0.25, 0.3) is 5.69 Å². The van der Waals surface area contributed by atoms with Gasteiger partial charge in [0.05, 0.1) is 10.6 Å². The fraction of sp³-hybridized carbons (Fsp3) is 0.455. The zero-order chi connectivity index (χ0) is 24.4. The summed E-state index contributed by atoms with van der Waals surface area (Å²) in [6.45, 7) is 6.35. The molecule has 1 N–H and O–H groups in total. The van der Waals surface area contributed by atoms with Crippen molar-refractivity contribution in [2.45, 2.75) is 50.2 Å². The van der Waals surface area contributed by atoms with Crippen LogP contribution in [-0.2, 0) is 14.6 Å². The molecular weight excluding hydrogens is 448 g/mol. The van der Waals surface area contributed by atoms with E-state index in [0.717, 1.165) is 17.2 Å². The molecule has 33 heavy (non-hydrogen) atoms. The molecule has 2 aromatic rings. The Hall–Kier alpha value is -3.21. The number of amides is 1. The third kappa shape index (κ3) is 6.19. The van der Waals surface area contributed by atoms with Crippen LogP contribution >= 0.6 is 0 Å². The largest absolute Gasteiger partial charge is 0.488 e. The van der Waals surface area contributed by atoms with Crippen molar-refractivity contribution < 1.29 is 22.7 Å². The fourth-order valence-corrected chi connectivity index (χ4v) is 3.96. The van der Waals surface area contributed by atoms with Crippen LogP contribution in [0.3, 0.4) is 0 Å². The first-order chi connectivity index (χ1) is 15.4. The number of benzene rings is 1. The Labute approximate surface area is 192 Å². The molecule has 1 aliphatic rings. The van der Waals surface area contributed by atoms with Gasteiger partial charge in [0.2, 0.25) is 0 Å². The molecule has 0 radical (unpaired) electrons. The number of hydrogen-bond donors (Lipinski definition) is 1. The van der Waals surface area contributed by atoms with Crippen LogP contribution in [0.4, 0.5) is 4.79 Å². The number of piperidine rings is 1. The number of ether oxygens (including phenoxy) is 2. The molecule has 11 heteroatoms. The first-order valence-corrected chi connectivity index (χ1v) is 12.4. The van der Waals surface area contributed by atoms with Crippen molar-refractivity contribution in [2.75, 3.05) is 19.3 Å². The van der Waals surface area contributed by atoms with E-state index in [2.05, 4.69) is 5.10 Å². The molecule has 1 fully saturated rings. The van der Waals surface area contributed by atoms with E-state index in [4.69, 9.17) is 14.9 Å². The third-order valence-electron chi connectivity index (χ3n) is 4.96. The minimum atomic E-state index is -3.36. The van der Waals surface area contributed by atoms with Crippen molar-refractivity contribution in [3.63, 3.8) is 0 Å². The molecule has 1 aromatic heterocycles. The Morgan fingerprint density at radius 3 is 2.30 bits per heavy atom. The molecule has 1 saturated heterocycles. The molecular formula is C22H28N4O6S. The van der Waals surface area contributed by atoms with Gasteiger partial charge in [-0.2, -0.15) is 9.78 Å². The van der Waals surface area contributed by atoms with Gasteiger partial charge in [0.15, 0.2) is 15.6 Å². The zero-order valence-electron chi connectivity index (χ0n) is 19.1. The first-order valence-electron chi connectivity index (χ1n) is 10.5. The van der Waals surface area contributed by atoms with Gasteiger partial charge in [0.25, 0.3) is 5.56 Å². The maximum atomic E-state index is 12.7. The second-order valence-electron chi connectivity index (χ2n) is 8.84. The van der Waals surface area contributed by atoms with Gasteiger partial charge >= 0.3 is 6.09 Å². The van der Waals surface area contributed by atoms with Crippen molar-refractivity contribution in [2.24, 2.45) is 0 Å². The number of carbonyl (C=O) groups excluding carboxylic acids is 1. The number of nitrogens with one attached hydrogen (secondary N) is 1. The molecule has 0 aliphatic carbocycles. The van der Waals surface area contributed by atoms with E-state index < -0.39 is 21.0 Å². The third-order valence-corrected chi connectivity index (χ3v) is 6.09. The van der Waals surface area contributed by atoms with E-state index in [1.165, 1.54) is 30.3 Å². The summed E-state index contributed by atoms with van der Waals surface area (Å²) in [6.07, 6.45) is 2.58. The van der Waals surface area contributed by atoms with Gasteiger partial charge in [-0.25, -0.2) is 13.2 Å². The molecule has 1 amide bonds. The van der Waals surface area contributed by atoms with Crippen LogP contribution < -0.4 is 10.3 Å². The molecule has 0 saturated carbocycles. The van der Waals surface area contributed by atoms with E-state index in [-0.39, 0.29) is 28.5 Å². The highest BCUT2D eigenvalue weighted by Gasteiger charge is 2.28. The highest BCUT2D eigenvalue weighted by Crippen LogP contribution is 2.22. The van der Waals surface area contributed by atoms with Gasteiger partial charge in [-0.05, 0) is 45.0 Å².